The fraction of sp³-hybridized carbons (Fsp3) is 0.217. The SMILES string of the molecule is COCCC[S+]([O-])c1sc2nc(-c3ccc(NC(=O)OC)nc3)cc(-c3cccnc3)c2c1N. The van der Waals surface area contributed by atoms with Crippen LogP contribution < -0.4 is 11.1 Å². The summed E-state index contributed by atoms with van der Waals surface area (Å²) in [7, 11) is 2.91. The van der Waals surface area contributed by atoms with Crippen LogP contribution in [-0.2, 0) is 20.6 Å². The van der Waals surface area contributed by atoms with Crippen molar-refractivity contribution in [1.29, 1.82) is 0 Å². The van der Waals surface area contributed by atoms with Gasteiger partial charge in [0.2, 0.25) is 4.21 Å². The molecule has 0 aliphatic heterocycles. The highest BCUT2D eigenvalue weighted by Gasteiger charge is 2.25. The predicted octanol–water partition coefficient (Wildman–Crippen LogP) is 4.32. The largest absolute Gasteiger partial charge is 0.611 e. The molecule has 0 saturated carbocycles. The lowest BCUT2D eigenvalue weighted by atomic mass is 10.0. The normalized spacial score (nSPS) is 12.0. The number of nitrogens with zero attached hydrogens (tertiary/aromatic N) is 3. The Morgan fingerprint density at radius 3 is 2.76 bits per heavy atom. The van der Waals surface area contributed by atoms with Gasteiger partial charge in [-0.2, -0.15) is 0 Å². The maximum Gasteiger partial charge on any atom is 0.412 e. The zero-order chi connectivity index (χ0) is 24.1. The molecule has 1 atom stereocenters. The smallest absolute Gasteiger partial charge is 0.412 e. The summed E-state index contributed by atoms with van der Waals surface area (Å²) in [6, 6.07) is 9.19. The second kappa shape index (κ2) is 10.8. The maximum atomic E-state index is 13.0. The summed E-state index contributed by atoms with van der Waals surface area (Å²) >= 11 is 0.0695. The first-order chi connectivity index (χ1) is 16.5. The third kappa shape index (κ3) is 5.12. The molecule has 176 valence electrons. The van der Waals surface area contributed by atoms with Gasteiger partial charge in [-0.1, -0.05) is 17.4 Å². The van der Waals surface area contributed by atoms with Crippen LogP contribution >= 0.6 is 11.3 Å². The van der Waals surface area contributed by atoms with Crippen molar-refractivity contribution >= 4 is 50.3 Å². The molecule has 9 nitrogen and oxygen atoms in total. The van der Waals surface area contributed by atoms with Gasteiger partial charge in [0.15, 0.2) is 0 Å². The highest BCUT2D eigenvalue weighted by Crippen LogP contribution is 2.43. The molecular weight excluding hydrogens is 474 g/mol. The van der Waals surface area contributed by atoms with E-state index in [1.54, 1.807) is 37.8 Å². The highest BCUT2D eigenvalue weighted by atomic mass is 32.2. The molecule has 3 N–H and O–H groups in total. The number of anilines is 2. The number of amides is 1. The van der Waals surface area contributed by atoms with E-state index in [1.807, 2.05) is 18.2 Å². The number of hydrogen-bond donors (Lipinski definition) is 2. The molecule has 0 radical (unpaired) electrons. The molecule has 1 unspecified atom stereocenters. The number of carbonyl (C=O) groups is 1. The number of aromatic nitrogens is 3. The fourth-order valence-electron chi connectivity index (χ4n) is 3.37. The van der Waals surface area contributed by atoms with Gasteiger partial charge in [-0.05, 0) is 41.0 Å². The summed E-state index contributed by atoms with van der Waals surface area (Å²) < 4.78 is 23.2. The lowest BCUT2D eigenvalue weighted by Crippen LogP contribution is -2.11. The van der Waals surface area contributed by atoms with Crippen LogP contribution in [0.25, 0.3) is 32.6 Å². The molecule has 0 bridgehead atoms. The highest BCUT2D eigenvalue weighted by molar-refractivity contribution is 7.93. The number of nitrogens with one attached hydrogen (secondary N) is 1. The quantitative estimate of drug-likeness (QED) is 0.271. The predicted molar refractivity (Wildman–Crippen MR) is 134 cm³/mol. The molecule has 0 aliphatic carbocycles. The van der Waals surface area contributed by atoms with Crippen LogP contribution in [0.4, 0.5) is 16.3 Å². The van der Waals surface area contributed by atoms with Gasteiger partial charge < -0.3 is 19.8 Å². The Labute approximate surface area is 203 Å². The summed E-state index contributed by atoms with van der Waals surface area (Å²) in [5.74, 6) is 0.816. The van der Waals surface area contributed by atoms with Crippen LogP contribution in [0, 0.1) is 0 Å². The van der Waals surface area contributed by atoms with Crippen LogP contribution in [-0.4, -0.2) is 52.2 Å². The number of hydrogen-bond acceptors (Lipinski definition) is 9. The van der Waals surface area contributed by atoms with Crippen LogP contribution in [0.2, 0.25) is 0 Å². The summed E-state index contributed by atoms with van der Waals surface area (Å²) in [5.41, 5.74) is 10.1. The Morgan fingerprint density at radius 1 is 1.24 bits per heavy atom. The van der Waals surface area contributed by atoms with E-state index >= 15 is 0 Å². The van der Waals surface area contributed by atoms with Crippen LogP contribution in [0.1, 0.15) is 6.42 Å². The molecule has 0 aliphatic rings. The topological polar surface area (TPSA) is 135 Å². The maximum absolute atomic E-state index is 13.0. The minimum atomic E-state index is -1.26. The van der Waals surface area contributed by atoms with E-state index < -0.39 is 17.3 Å². The Balaban J connectivity index is 1.79. The number of nitrogens with two attached hydrogens (primary N) is 1. The molecule has 11 heteroatoms. The van der Waals surface area contributed by atoms with Crippen LogP contribution in [0.3, 0.4) is 0 Å². The molecule has 0 aromatic carbocycles. The lowest BCUT2D eigenvalue weighted by Gasteiger charge is -2.10. The minimum absolute atomic E-state index is 0.360. The number of nitrogen functional groups attached to an aromatic ring is 1. The van der Waals surface area contributed by atoms with Crippen molar-refractivity contribution in [2.24, 2.45) is 0 Å². The van der Waals surface area contributed by atoms with Crippen LogP contribution in [0.5, 0.6) is 0 Å². The first kappa shape index (κ1) is 23.9. The van der Waals surface area contributed by atoms with Gasteiger partial charge in [0.1, 0.15) is 22.1 Å². The first-order valence-corrected chi connectivity index (χ1v) is 12.5. The van der Waals surface area contributed by atoms with Crippen molar-refractivity contribution < 1.29 is 18.8 Å². The van der Waals surface area contributed by atoms with E-state index in [-0.39, 0.29) is 0 Å². The van der Waals surface area contributed by atoms with E-state index in [0.29, 0.717) is 45.0 Å². The average molecular weight is 498 g/mol. The second-order valence-electron chi connectivity index (χ2n) is 7.22. The Kier molecular flexibility index (Phi) is 7.58. The first-order valence-electron chi connectivity index (χ1n) is 10.3. The van der Waals surface area contributed by atoms with E-state index in [1.165, 1.54) is 18.4 Å². The summed E-state index contributed by atoms with van der Waals surface area (Å²) in [4.78, 5) is 25.4. The number of thiophene rings is 1. The average Bonchev–Trinajstić information content (AvgIpc) is 3.21. The molecule has 34 heavy (non-hydrogen) atoms. The molecule has 0 spiro atoms. The number of fused-ring (bicyclic) bond motifs is 1. The number of methoxy groups -OCH3 is 2. The number of ether oxygens (including phenoxy) is 2. The third-order valence-electron chi connectivity index (χ3n) is 5.00. The lowest BCUT2D eigenvalue weighted by molar-refractivity contribution is 0.187. The number of rotatable bonds is 8. The Hall–Kier alpha value is -3.25. The minimum Gasteiger partial charge on any atom is -0.611 e. The standard InChI is InChI=1S/C23H23N5O4S2/c1-31-9-4-10-34(30)22-20(24)19-16(14-5-3-8-25-12-14)11-17(27-21(19)33-22)15-6-7-18(26-13-15)28-23(29)32-2/h3,5-8,11-13H,4,9-10,24H2,1-2H3,(H,26,28,29). The molecule has 0 saturated heterocycles. The Bertz CT molecular complexity index is 1280. The van der Waals surface area contributed by atoms with E-state index in [2.05, 4.69) is 20.0 Å². The second-order valence-corrected chi connectivity index (χ2v) is 9.99. The molecule has 4 rings (SSSR count). The van der Waals surface area contributed by atoms with Crippen molar-refractivity contribution in [2.45, 2.75) is 10.6 Å². The Morgan fingerprint density at radius 2 is 2.09 bits per heavy atom. The molecule has 1 amide bonds. The van der Waals surface area contributed by atoms with Gasteiger partial charge in [0, 0.05) is 48.6 Å². The molecule has 4 aromatic heterocycles. The van der Waals surface area contributed by atoms with Crippen molar-refractivity contribution in [3.05, 3.63) is 48.9 Å². The molecule has 4 heterocycles. The van der Waals surface area contributed by atoms with Crippen LogP contribution in [0.15, 0.2) is 53.1 Å². The van der Waals surface area contributed by atoms with Crippen molar-refractivity contribution in [3.63, 3.8) is 0 Å². The van der Waals surface area contributed by atoms with Gasteiger partial charge in [-0.15, -0.1) is 0 Å². The molecule has 0 fully saturated rings. The fourth-order valence-corrected chi connectivity index (χ4v) is 5.99. The van der Waals surface area contributed by atoms with E-state index in [9.17, 15) is 9.35 Å². The number of carbonyl (C=O) groups excluding carboxylic acids is 1. The molecular formula is C23H23N5O4S2. The summed E-state index contributed by atoms with van der Waals surface area (Å²) in [6.45, 7) is 0.535. The zero-order valence-corrected chi connectivity index (χ0v) is 20.2. The van der Waals surface area contributed by atoms with Crippen molar-refractivity contribution in [3.8, 4) is 22.4 Å². The third-order valence-corrected chi connectivity index (χ3v) is 7.99. The zero-order valence-electron chi connectivity index (χ0n) is 18.6. The van der Waals surface area contributed by atoms with Crippen molar-refractivity contribution in [2.75, 3.05) is 37.6 Å². The van der Waals surface area contributed by atoms with Gasteiger partial charge >= 0.3 is 6.09 Å². The van der Waals surface area contributed by atoms with E-state index in [0.717, 1.165) is 22.1 Å². The van der Waals surface area contributed by atoms with Gasteiger partial charge in [-0.3, -0.25) is 10.3 Å². The van der Waals surface area contributed by atoms with Crippen molar-refractivity contribution in [1.82, 2.24) is 15.0 Å². The van der Waals surface area contributed by atoms with Gasteiger partial charge in [0.05, 0.1) is 19.4 Å². The molecule has 4 aromatic rings. The van der Waals surface area contributed by atoms with E-state index in [4.69, 9.17) is 15.5 Å². The summed E-state index contributed by atoms with van der Waals surface area (Å²) in [5, 5.41) is 3.28. The van der Waals surface area contributed by atoms with Gasteiger partial charge in [0.25, 0.3) is 0 Å². The summed E-state index contributed by atoms with van der Waals surface area (Å²) in [6.07, 6.45) is 5.15. The van der Waals surface area contributed by atoms with Gasteiger partial charge in [-0.25, -0.2) is 14.8 Å². The number of pyridine rings is 3. The monoisotopic (exact) mass is 497 g/mol.